The molecule has 0 saturated carbocycles. The average Bonchev–Trinajstić information content (AvgIpc) is 2.26. The van der Waals surface area contributed by atoms with Gasteiger partial charge in [0.05, 0.1) is 0 Å². The molecule has 0 aliphatic rings. The van der Waals surface area contributed by atoms with E-state index in [9.17, 15) is 13.2 Å². The number of anilines is 1. The first-order valence-electron chi connectivity index (χ1n) is 5.26. The van der Waals surface area contributed by atoms with Crippen molar-refractivity contribution >= 4 is 17.3 Å². The number of hydrogen-bond acceptors (Lipinski definition) is 2. The van der Waals surface area contributed by atoms with Gasteiger partial charge >= 0.3 is 6.36 Å². The Morgan fingerprint density at radius 1 is 1.05 bits per heavy atom. The number of nitrogens with two attached hydrogens (primary N) is 1. The Bertz CT molecular complexity index is 578. The van der Waals surface area contributed by atoms with Crippen LogP contribution < -0.4 is 10.5 Å². The fourth-order valence-electron chi connectivity index (χ4n) is 1.69. The maximum atomic E-state index is 12.3. The topological polar surface area (TPSA) is 35.2 Å². The maximum absolute atomic E-state index is 12.3. The van der Waals surface area contributed by atoms with Crippen molar-refractivity contribution in [2.75, 3.05) is 5.73 Å². The highest BCUT2D eigenvalue weighted by molar-refractivity contribution is 6.31. The van der Waals surface area contributed by atoms with E-state index in [-0.39, 0.29) is 11.3 Å². The second kappa shape index (κ2) is 5.01. The summed E-state index contributed by atoms with van der Waals surface area (Å²) >= 11 is 5.84. The summed E-state index contributed by atoms with van der Waals surface area (Å²) in [7, 11) is 0. The van der Waals surface area contributed by atoms with E-state index in [0.29, 0.717) is 16.3 Å². The van der Waals surface area contributed by atoms with Crippen molar-refractivity contribution in [3.8, 4) is 16.9 Å². The Hall–Kier alpha value is -1.88. The quantitative estimate of drug-likeness (QED) is 0.826. The zero-order valence-electron chi connectivity index (χ0n) is 9.54. The lowest BCUT2D eigenvalue weighted by Gasteiger charge is -2.13. The van der Waals surface area contributed by atoms with Gasteiger partial charge in [-0.3, -0.25) is 0 Å². The van der Waals surface area contributed by atoms with Gasteiger partial charge in [0, 0.05) is 16.3 Å². The molecule has 0 aliphatic heterocycles. The van der Waals surface area contributed by atoms with Gasteiger partial charge in [-0.05, 0) is 29.8 Å². The fourth-order valence-corrected chi connectivity index (χ4v) is 1.93. The predicted octanol–water partition coefficient (Wildman–Crippen LogP) is 4.49. The van der Waals surface area contributed by atoms with Gasteiger partial charge in [0.15, 0.2) is 0 Å². The van der Waals surface area contributed by atoms with Crippen molar-refractivity contribution in [1.82, 2.24) is 0 Å². The molecule has 0 radical (unpaired) electrons. The summed E-state index contributed by atoms with van der Waals surface area (Å²) in [6.07, 6.45) is -4.75. The summed E-state index contributed by atoms with van der Waals surface area (Å²) in [5, 5.41) is 0.344. The van der Waals surface area contributed by atoms with Crippen LogP contribution in [0.15, 0.2) is 42.5 Å². The fraction of sp³-hybridized carbons (Fsp3) is 0.0769. The summed E-state index contributed by atoms with van der Waals surface area (Å²) in [5.74, 6) is -0.295. The molecule has 2 nitrogen and oxygen atoms in total. The standard InChI is InChI=1S/C13H9ClF3NO/c14-9-5-8(6-10(18)7-9)11-3-1-2-4-12(11)19-13(15,16)17/h1-7H,18H2. The van der Waals surface area contributed by atoms with Gasteiger partial charge in [-0.1, -0.05) is 29.8 Å². The van der Waals surface area contributed by atoms with Crippen molar-refractivity contribution in [3.63, 3.8) is 0 Å². The van der Waals surface area contributed by atoms with E-state index in [0.717, 1.165) is 0 Å². The molecule has 0 amide bonds. The Morgan fingerprint density at radius 3 is 2.37 bits per heavy atom. The highest BCUT2D eigenvalue weighted by atomic mass is 35.5. The molecule has 100 valence electrons. The van der Waals surface area contributed by atoms with Crippen LogP contribution in [0.1, 0.15) is 0 Å². The third-order valence-corrected chi connectivity index (χ3v) is 2.56. The van der Waals surface area contributed by atoms with E-state index >= 15 is 0 Å². The molecule has 2 aromatic carbocycles. The molecule has 0 bridgehead atoms. The van der Waals surface area contributed by atoms with Crippen molar-refractivity contribution in [2.24, 2.45) is 0 Å². The monoisotopic (exact) mass is 287 g/mol. The van der Waals surface area contributed by atoms with Gasteiger partial charge in [0.1, 0.15) is 5.75 Å². The number of ether oxygens (including phenoxy) is 1. The molecule has 0 spiro atoms. The van der Waals surface area contributed by atoms with Crippen LogP contribution in [0.2, 0.25) is 5.02 Å². The molecule has 0 fully saturated rings. The van der Waals surface area contributed by atoms with Gasteiger partial charge in [-0.15, -0.1) is 13.2 Å². The van der Waals surface area contributed by atoms with Gasteiger partial charge in [-0.25, -0.2) is 0 Å². The minimum Gasteiger partial charge on any atom is -0.405 e. The van der Waals surface area contributed by atoms with E-state index in [1.165, 1.54) is 36.4 Å². The summed E-state index contributed by atoms with van der Waals surface area (Å²) in [6, 6.07) is 10.4. The van der Waals surface area contributed by atoms with Crippen LogP contribution in [0.4, 0.5) is 18.9 Å². The summed E-state index contributed by atoms with van der Waals surface area (Å²) in [6.45, 7) is 0. The number of hydrogen-bond donors (Lipinski definition) is 1. The third kappa shape index (κ3) is 3.54. The molecule has 2 rings (SSSR count). The molecular weight excluding hydrogens is 279 g/mol. The molecule has 0 saturated heterocycles. The Kier molecular flexibility index (Phi) is 3.57. The van der Waals surface area contributed by atoms with Crippen LogP contribution >= 0.6 is 11.6 Å². The van der Waals surface area contributed by atoms with E-state index in [2.05, 4.69) is 4.74 Å². The average molecular weight is 288 g/mol. The van der Waals surface area contributed by atoms with Gasteiger partial charge in [0.25, 0.3) is 0 Å². The lowest BCUT2D eigenvalue weighted by Crippen LogP contribution is -2.17. The van der Waals surface area contributed by atoms with E-state index in [1.54, 1.807) is 6.07 Å². The number of benzene rings is 2. The maximum Gasteiger partial charge on any atom is 0.573 e. The molecule has 0 aliphatic carbocycles. The molecule has 2 aromatic rings. The van der Waals surface area contributed by atoms with E-state index in [4.69, 9.17) is 17.3 Å². The summed E-state index contributed by atoms with van der Waals surface area (Å²) in [4.78, 5) is 0. The molecular formula is C13H9ClF3NO. The Morgan fingerprint density at radius 2 is 1.74 bits per heavy atom. The van der Waals surface area contributed by atoms with Crippen LogP contribution in [0.25, 0.3) is 11.1 Å². The number of nitrogen functional groups attached to an aromatic ring is 1. The van der Waals surface area contributed by atoms with E-state index in [1.807, 2.05) is 0 Å². The molecule has 19 heavy (non-hydrogen) atoms. The summed E-state index contributed by atoms with van der Waals surface area (Å²) < 4.78 is 41.0. The first-order valence-corrected chi connectivity index (χ1v) is 5.64. The second-order valence-corrected chi connectivity index (χ2v) is 4.25. The smallest absolute Gasteiger partial charge is 0.405 e. The zero-order chi connectivity index (χ0) is 14.0. The SMILES string of the molecule is Nc1cc(Cl)cc(-c2ccccc2OC(F)(F)F)c1. The molecule has 0 heterocycles. The zero-order valence-corrected chi connectivity index (χ0v) is 10.3. The highest BCUT2D eigenvalue weighted by Gasteiger charge is 2.32. The third-order valence-electron chi connectivity index (χ3n) is 2.34. The minimum absolute atomic E-state index is 0.272. The first kappa shape index (κ1) is 13.5. The molecule has 0 unspecified atom stereocenters. The molecule has 0 aromatic heterocycles. The lowest BCUT2D eigenvalue weighted by atomic mass is 10.0. The molecule has 2 N–H and O–H groups in total. The number of alkyl halides is 3. The Balaban J connectivity index is 2.50. The minimum atomic E-state index is -4.75. The predicted molar refractivity (Wildman–Crippen MR) is 68.0 cm³/mol. The number of para-hydroxylation sites is 1. The van der Waals surface area contributed by atoms with Crippen molar-refractivity contribution in [2.45, 2.75) is 6.36 Å². The number of halogens is 4. The van der Waals surface area contributed by atoms with Crippen LogP contribution in [0, 0.1) is 0 Å². The van der Waals surface area contributed by atoms with Gasteiger partial charge in [0.2, 0.25) is 0 Å². The Labute approximate surface area is 112 Å². The van der Waals surface area contributed by atoms with Crippen LogP contribution in [-0.2, 0) is 0 Å². The summed E-state index contributed by atoms with van der Waals surface area (Å²) in [5.41, 5.74) is 6.73. The van der Waals surface area contributed by atoms with Crippen LogP contribution in [-0.4, -0.2) is 6.36 Å². The van der Waals surface area contributed by atoms with Gasteiger partial charge < -0.3 is 10.5 Å². The largest absolute Gasteiger partial charge is 0.573 e. The molecule has 6 heteroatoms. The van der Waals surface area contributed by atoms with Crippen molar-refractivity contribution in [1.29, 1.82) is 0 Å². The van der Waals surface area contributed by atoms with Crippen LogP contribution in [0.3, 0.4) is 0 Å². The highest BCUT2D eigenvalue weighted by Crippen LogP contribution is 2.35. The van der Waals surface area contributed by atoms with Crippen molar-refractivity contribution < 1.29 is 17.9 Å². The van der Waals surface area contributed by atoms with Crippen LogP contribution in [0.5, 0.6) is 5.75 Å². The number of rotatable bonds is 2. The second-order valence-electron chi connectivity index (χ2n) is 3.82. The molecule has 0 atom stereocenters. The lowest BCUT2D eigenvalue weighted by molar-refractivity contribution is -0.274. The van der Waals surface area contributed by atoms with E-state index < -0.39 is 6.36 Å². The van der Waals surface area contributed by atoms with Gasteiger partial charge in [-0.2, -0.15) is 0 Å². The first-order chi connectivity index (χ1) is 8.85. The van der Waals surface area contributed by atoms with Crippen molar-refractivity contribution in [3.05, 3.63) is 47.5 Å². The normalized spacial score (nSPS) is 11.4.